The van der Waals surface area contributed by atoms with E-state index in [1.165, 1.54) is 11.8 Å². The van der Waals surface area contributed by atoms with Crippen LogP contribution in [0.2, 0.25) is 0 Å². The van der Waals surface area contributed by atoms with Gasteiger partial charge in [0.1, 0.15) is 5.75 Å². The number of hydrogen-bond acceptors (Lipinski definition) is 5. The summed E-state index contributed by atoms with van der Waals surface area (Å²) in [6.45, 7) is 2.53. The highest BCUT2D eigenvalue weighted by atomic mass is 32.2. The molecule has 2 N–H and O–H groups in total. The first kappa shape index (κ1) is 15.7. The molecule has 122 valence electrons. The molecular weight excluding hydrogens is 316 g/mol. The second kappa shape index (κ2) is 6.91. The molecule has 1 saturated carbocycles. The largest absolute Gasteiger partial charge is 0.494 e. The van der Waals surface area contributed by atoms with Crippen molar-refractivity contribution < 1.29 is 9.53 Å². The van der Waals surface area contributed by atoms with Crippen LogP contribution < -0.4 is 15.7 Å². The maximum atomic E-state index is 12.0. The normalized spacial score (nSPS) is 13.8. The summed E-state index contributed by atoms with van der Waals surface area (Å²) in [5, 5.41) is 9.80. The molecule has 1 aliphatic rings. The van der Waals surface area contributed by atoms with E-state index in [4.69, 9.17) is 4.74 Å². The molecule has 0 spiro atoms. The molecule has 2 aromatic rings. The van der Waals surface area contributed by atoms with Gasteiger partial charge in [-0.2, -0.15) is 0 Å². The Labute approximate surface area is 137 Å². The van der Waals surface area contributed by atoms with Gasteiger partial charge in [-0.3, -0.25) is 9.36 Å². The minimum absolute atomic E-state index is 0.142. The second-order valence-corrected chi connectivity index (χ2v) is 6.15. The zero-order valence-electron chi connectivity index (χ0n) is 12.7. The van der Waals surface area contributed by atoms with E-state index in [0.29, 0.717) is 17.5 Å². The van der Waals surface area contributed by atoms with Crippen molar-refractivity contribution in [2.75, 3.05) is 17.7 Å². The molecule has 0 atom stereocenters. The van der Waals surface area contributed by atoms with Crippen molar-refractivity contribution in [2.45, 2.75) is 31.0 Å². The zero-order chi connectivity index (χ0) is 16.2. The Morgan fingerprint density at radius 3 is 2.83 bits per heavy atom. The molecule has 0 aliphatic heterocycles. The maximum Gasteiger partial charge on any atom is 0.344 e. The lowest BCUT2D eigenvalue weighted by molar-refractivity contribution is -0.113. The topological polar surface area (TPSA) is 89.0 Å². The minimum Gasteiger partial charge on any atom is -0.494 e. The Bertz CT molecular complexity index is 734. The number of nitrogens with zero attached hydrogens (tertiary/aromatic N) is 2. The van der Waals surface area contributed by atoms with Gasteiger partial charge in [0.05, 0.1) is 12.4 Å². The lowest BCUT2D eigenvalue weighted by Crippen LogP contribution is -2.17. The van der Waals surface area contributed by atoms with Crippen LogP contribution in [0.25, 0.3) is 0 Å². The van der Waals surface area contributed by atoms with Crippen molar-refractivity contribution in [3.63, 3.8) is 0 Å². The fourth-order valence-corrected chi connectivity index (χ4v) is 2.99. The number of carbonyl (C=O) groups excluding carboxylic acids is 1. The molecule has 0 bridgehead atoms. The number of rotatable bonds is 7. The summed E-state index contributed by atoms with van der Waals surface area (Å²) < 4.78 is 6.99. The van der Waals surface area contributed by atoms with E-state index in [1.54, 1.807) is 16.7 Å². The molecule has 7 nitrogen and oxygen atoms in total. The molecule has 1 heterocycles. The fourth-order valence-electron chi connectivity index (χ4n) is 2.18. The van der Waals surface area contributed by atoms with Gasteiger partial charge in [-0.1, -0.05) is 11.8 Å². The summed E-state index contributed by atoms with van der Waals surface area (Å²) in [5.41, 5.74) is 0.502. The van der Waals surface area contributed by atoms with Gasteiger partial charge in [-0.05, 0) is 44.0 Å². The average molecular weight is 334 g/mol. The van der Waals surface area contributed by atoms with Gasteiger partial charge in [-0.15, -0.1) is 5.10 Å². The predicted molar refractivity (Wildman–Crippen MR) is 88.1 cm³/mol. The Balaban J connectivity index is 1.54. The number of benzene rings is 1. The number of hydrogen-bond donors (Lipinski definition) is 2. The Kier molecular flexibility index (Phi) is 4.71. The van der Waals surface area contributed by atoms with E-state index in [9.17, 15) is 9.59 Å². The van der Waals surface area contributed by atoms with E-state index in [0.717, 1.165) is 18.6 Å². The highest BCUT2D eigenvalue weighted by molar-refractivity contribution is 7.99. The number of H-pyrrole nitrogens is 1. The molecule has 23 heavy (non-hydrogen) atoms. The molecule has 0 unspecified atom stereocenters. The first-order chi connectivity index (χ1) is 11.2. The van der Waals surface area contributed by atoms with E-state index >= 15 is 0 Å². The summed E-state index contributed by atoms with van der Waals surface area (Å²) in [5.74, 6) is 0.825. The first-order valence-electron chi connectivity index (χ1n) is 7.49. The first-order valence-corrected chi connectivity index (χ1v) is 8.48. The van der Waals surface area contributed by atoms with Crippen LogP contribution in [0.15, 0.2) is 34.2 Å². The van der Waals surface area contributed by atoms with Crippen LogP contribution in [0.1, 0.15) is 25.8 Å². The van der Waals surface area contributed by atoms with Crippen LogP contribution in [0.5, 0.6) is 5.75 Å². The highest BCUT2D eigenvalue weighted by Crippen LogP contribution is 2.35. The van der Waals surface area contributed by atoms with Crippen molar-refractivity contribution in [1.82, 2.24) is 14.8 Å². The average Bonchev–Trinajstić information content (AvgIpc) is 3.31. The quantitative estimate of drug-likeness (QED) is 0.756. The van der Waals surface area contributed by atoms with Crippen LogP contribution in [-0.4, -0.2) is 33.0 Å². The molecule has 8 heteroatoms. The van der Waals surface area contributed by atoms with E-state index in [2.05, 4.69) is 15.5 Å². The third kappa shape index (κ3) is 3.95. The van der Waals surface area contributed by atoms with Crippen LogP contribution in [0.4, 0.5) is 5.69 Å². The van der Waals surface area contributed by atoms with Crippen LogP contribution in [-0.2, 0) is 4.79 Å². The Hall–Kier alpha value is -2.22. The molecule has 1 aliphatic carbocycles. The van der Waals surface area contributed by atoms with Crippen LogP contribution in [0.3, 0.4) is 0 Å². The van der Waals surface area contributed by atoms with Crippen molar-refractivity contribution in [1.29, 1.82) is 0 Å². The summed E-state index contributed by atoms with van der Waals surface area (Å²) >= 11 is 1.26. The number of thioether (sulfide) groups is 1. The molecule has 0 saturated heterocycles. The standard InChI is InChI=1S/C15H18N4O3S/c1-2-22-12-7-3-10(4-8-12)16-13(20)9-23-15-18-17-14(21)19(15)11-5-6-11/h3-4,7-8,11H,2,5-6,9H2,1H3,(H,16,20)(H,17,21). The van der Waals surface area contributed by atoms with E-state index in [1.807, 2.05) is 19.1 Å². The molecule has 1 aromatic carbocycles. The fraction of sp³-hybridized carbons (Fsp3) is 0.400. The number of amides is 1. The smallest absolute Gasteiger partial charge is 0.344 e. The SMILES string of the molecule is CCOc1ccc(NC(=O)CSc2n[nH]c(=O)n2C2CC2)cc1. The number of aromatic nitrogens is 3. The summed E-state index contributed by atoms with van der Waals surface area (Å²) in [7, 11) is 0. The van der Waals surface area contributed by atoms with Gasteiger partial charge in [0, 0.05) is 11.7 Å². The van der Waals surface area contributed by atoms with Crippen molar-refractivity contribution in [3.05, 3.63) is 34.7 Å². The van der Waals surface area contributed by atoms with Crippen LogP contribution >= 0.6 is 11.8 Å². The third-order valence-electron chi connectivity index (χ3n) is 3.37. The summed E-state index contributed by atoms with van der Waals surface area (Å²) in [4.78, 5) is 23.7. The molecular formula is C15H18N4O3S. The molecule has 0 radical (unpaired) electrons. The van der Waals surface area contributed by atoms with Gasteiger partial charge in [0.25, 0.3) is 0 Å². The van der Waals surface area contributed by atoms with Gasteiger partial charge < -0.3 is 10.1 Å². The van der Waals surface area contributed by atoms with Gasteiger partial charge in [0.15, 0.2) is 5.16 Å². The second-order valence-electron chi connectivity index (χ2n) is 5.21. The number of nitrogens with one attached hydrogen (secondary N) is 2. The Morgan fingerprint density at radius 1 is 1.43 bits per heavy atom. The lowest BCUT2D eigenvalue weighted by Gasteiger charge is -2.07. The summed E-state index contributed by atoms with van der Waals surface area (Å²) in [6, 6.07) is 7.44. The zero-order valence-corrected chi connectivity index (χ0v) is 13.6. The van der Waals surface area contributed by atoms with Crippen LogP contribution in [0, 0.1) is 0 Å². The number of aromatic amines is 1. The van der Waals surface area contributed by atoms with Gasteiger partial charge >= 0.3 is 5.69 Å². The highest BCUT2D eigenvalue weighted by Gasteiger charge is 2.28. The number of ether oxygens (including phenoxy) is 1. The molecule has 3 rings (SSSR count). The molecule has 1 fully saturated rings. The van der Waals surface area contributed by atoms with E-state index in [-0.39, 0.29) is 23.4 Å². The molecule has 1 aromatic heterocycles. The van der Waals surface area contributed by atoms with Gasteiger partial charge in [0.2, 0.25) is 5.91 Å². The van der Waals surface area contributed by atoms with Crippen molar-refractivity contribution >= 4 is 23.4 Å². The van der Waals surface area contributed by atoms with Crippen molar-refractivity contribution in [3.8, 4) is 5.75 Å². The number of carbonyl (C=O) groups is 1. The Morgan fingerprint density at radius 2 is 2.17 bits per heavy atom. The van der Waals surface area contributed by atoms with Gasteiger partial charge in [-0.25, -0.2) is 9.89 Å². The third-order valence-corrected chi connectivity index (χ3v) is 4.32. The minimum atomic E-state index is -0.207. The van der Waals surface area contributed by atoms with E-state index < -0.39 is 0 Å². The monoisotopic (exact) mass is 334 g/mol. The lowest BCUT2D eigenvalue weighted by atomic mass is 10.3. The predicted octanol–water partition coefficient (Wildman–Crippen LogP) is 2.04. The summed E-state index contributed by atoms with van der Waals surface area (Å²) in [6.07, 6.45) is 1.98. The maximum absolute atomic E-state index is 12.0. The van der Waals surface area contributed by atoms with Crippen molar-refractivity contribution in [2.24, 2.45) is 0 Å². The number of anilines is 1. The molecule has 1 amide bonds.